The van der Waals surface area contributed by atoms with Gasteiger partial charge < -0.3 is 0 Å². The van der Waals surface area contributed by atoms with E-state index < -0.39 is 10.0 Å². The maximum absolute atomic E-state index is 2.43. The summed E-state index contributed by atoms with van der Waals surface area (Å²) < 4.78 is 0. The number of hydrogen-bond donors (Lipinski definition) is 0. The van der Waals surface area contributed by atoms with Gasteiger partial charge in [-0.15, -0.1) is 0 Å². The second-order valence-electron chi connectivity index (χ2n) is 7.35. The van der Waals surface area contributed by atoms with Crippen LogP contribution in [0.2, 0.25) is 0 Å². The first-order valence-corrected chi connectivity index (χ1v) is 9.70. The standard InChI is InChI=1S/C19H24S/c1-19(2,3)13-14-9-8-12-17-18(14)15-10-6-7-11-16(15)20(17,4)5/h6-12H,13H2,1-5H3. The molecule has 1 heteroatoms. The van der Waals surface area contributed by atoms with Crippen molar-refractivity contribution in [1.82, 2.24) is 0 Å². The summed E-state index contributed by atoms with van der Waals surface area (Å²) in [5.41, 5.74) is 4.84. The zero-order chi connectivity index (χ0) is 14.5. The first-order chi connectivity index (χ1) is 9.31. The molecule has 0 saturated heterocycles. The molecule has 1 aliphatic heterocycles. The zero-order valence-corrected chi connectivity index (χ0v) is 14.0. The van der Waals surface area contributed by atoms with E-state index in [-0.39, 0.29) is 0 Å². The Labute approximate surface area is 124 Å². The quantitative estimate of drug-likeness (QED) is 0.626. The highest BCUT2D eigenvalue weighted by Crippen LogP contribution is 2.67. The molecule has 0 aliphatic carbocycles. The summed E-state index contributed by atoms with van der Waals surface area (Å²) in [6.45, 7) is 6.97. The van der Waals surface area contributed by atoms with Crippen molar-refractivity contribution in [2.45, 2.75) is 37.0 Å². The molecule has 0 spiro atoms. The van der Waals surface area contributed by atoms with E-state index in [4.69, 9.17) is 0 Å². The van der Waals surface area contributed by atoms with Gasteiger partial charge in [0.2, 0.25) is 0 Å². The minimum atomic E-state index is -0.843. The maximum atomic E-state index is 2.43. The van der Waals surface area contributed by atoms with Crippen LogP contribution in [0, 0.1) is 5.41 Å². The molecular weight excluding hydrogens is 260 g/mol. The number of rotatable bonds is 1. The fourth-order valence-corrected chi connectivity index (χ4v) is 5.81. The minimum Gasteiger partial charge on any atom is -0.192 e. The molecule has 0 unspecified atom stereocenters. The van der Waals surface area contributed by atoms with Crippen LogP contribution in [-0.2, 0) is 6.42 Å². The first-order valence-electron chi connectivity index (χ1n) is 7.25. The summed E-state index contributed by atoms with van der Waals surface area (Å²) in [6, 6.07) is 15.9. The van der Waals surface area contributed by atoms with Crippen molar-refractivity contribution >= 4 is 10.0 Å². The van der Waals surface area contributed by atoms with Crippen molar-refractivity contribution in [3.8, 4) is 11.1 Å². The van der Waals surface area contributed by atoms with Crippen LogP contribution in [0.15, 0.2) is 52.3 Å². The second-order valence-corrected chi connectivity index (χ2v) is 10.9. The van der Waals surface area contributed by atoms with Gasteiger partial charge in [-0.05, 0) is 53.2 Å². The van der Waals surface area contributed by atoms with E-state index in [1.807, 2.05) is 0 Å². The Kier molecular flexibility index (Phi) is 3.02. The molecule has 1 heterocycles. The van der Waals surface area contributed by atoms with Crippen LogP contribution < -0.4 is 0 Å². The van der Waals surface area contributed by atoms with E-state index in [0.717, 1.165) is 6.42 Å². The molecule has 1 aliphatic rings. The lowest BCUT2D eigenvalue weighted by atomic mass is 9.85. The lowest BCUT2D eigenvalue weighted by molar-refractivity contribution is 0.411. The molecule has 2 aromatic carbocycles. The largest absolute Gasteiger partial charge is 0.192 e. The second kappa shape index (κ2) is 4.39. The molecule has 0 nitrogen and oxygen atoms in total. The highest BCUT2D eigenvalue weighted by molar-refractivity contribution is 8.33. The molecule has 0 aromatic heterocycles. The Hall–Kier alpha value is -1.21. The molecule has 0 amide bonds. The van der Waals surface area contributed by atoms with Gasteiger partial charge in [0, 0.05) is 9.79 Å². The SMILES string of the molecule is CC(C)(C)Cc1cccc2c1-c1ccccc1S2(C)C. The van der Waals surface area contributed by atoms with Crippen LogP contribution in [0.25, 0.3) is 11.1 Å². The number of fused-ring (bicyclic) bond motifs is 3. The van der Waals surface area contributed by atoms with E-state index in [1.54, 1.807) is 9.79 Å². The van der Waals surface area contributed by atoms with Crippen molar-refractivity contribution in [2.24, 2.45) is 5.41 Å². The molecular formula is C19H24S. The van der Waals surface area contributed by atoms with E-state index in [1.165, 1.54) is 16.7 Å². The van der Waals surface area contributed by atoms with Crippen molar-refractivity contribution in [1.29, 1.82) is 0 Å². The fraction of sp³-hybridized carbons (Fsp3) is 0.368. The Bertz CT molecular complexity index is 660. The van der Waals surface area contributed by atoms with Crippen LogP contribution in [0.4, 0.5) is 0 Å². The Morgan fingerprint density at radius 3 is 2.20 bits per heavy atom. The molecule has 0 radical (unpaired) electrons. The molecule has 20 heavy (non-hydrogen) atoms. The molecule has 0 saturated carbocycles. The van der Waals surface area contributed by atoms with Gasteiger partial charge >= 0.3 is 0 Å². The van der Waals surface area contributed by atoms with Gasteiger partial charge in [-0.3, -0.25) is 0 Å². The van der Waals surface area contributed by atoms with Crippen LogP contribution in [0.3, 0.4) is 0 Å². The molecule has 0 atom stereocenters. The van der Waals surface area contributed by atoms with Gasteiger partial charge in [0.1, 0.15) is 0 Å². The topological polar surface area (TPSA) is 0 Å². The van der Waals surface area contributed by atoms with E-state index in [2.05, 4.69) is 75.7 Å². The average Bonchev–Trinajstić information content (AvgIpc) is 2.59. The summed E-state index contributed by atoms with van der Waals surface area (Å²) in [5.74, 6) is 0. The Balaban J connectivity index is 2.26. The molecule has 3 rings (SSSR count). The third-order valence-electron chi connectivity index (χ3n) is 4.09. The summed E-state index contributed by atoms with van der Waals surface area (Å²) in [7, 11) is -0.843. The van der Waals surface area contributed by atoms with Gasteiger partial charge in [-0.1, -0.05) is 51.1 Å². The Morgan fingerprint density at radius 1 is 0.850 bits per heavy atom. The van der Waals surface area contributed by atoms with Gasteiger partial charge in [0.05, 0.1) is 0 Å². The van der Waals surface area contributed by atoms with Gasteiger partial charge in [-0.25, -0.2) is 0 Å². The third-order valence-corrected chi connectivity index (χ3v) is 6.98. The molecule has 0 N–H and O–H groups in total. The highest BCUT2D eigenvalue weighted by Gasteiger charge is 2.33. The monoisotopic (exact) mass is 284 g/mol. The summed E-state index contributed by atoms with van der Waals surface area (Å²) in [6.07, 6.45) is 6.00. The zero-order valence-electron chi connectivity index (χ0n) is 13.2. The van der Waals surface area contributed by atoms with Crippen LogP contribution in [0.5, 0.6) is 0 Å². The van der Waals surface area contributed by atoms with E-state index >= 15 is 0 Å². The van der Waals surface area contributed by atoms with Crippen molar-refractivity contribution in [3.05, 3.63) is 48.0 Å². The molecule has 0 bridgehead atoms. The van der Waals surface area contributed by atoms with Gasteiger partial charge in [-0.2, -0.15) is 10.0 Å². The molecule has 106 valence electrons. The maximum Gasteiger partial charge on any atom is 0.00181 e. The van der Waals surface area contributed by atoms with Crippen LogP contribution in [-0.4, -0.2) is 12.5 Å². The lowest BCUT2D eigenvalue weighted by Crippen LogP contribution is -2.10. The first kappa shape index (κ1) is 13.8. The van der Waals surface area contributed by atoms with Gasteiger partial charge in [0.15, 0.2) is 0 Å². The number of hydrogen-bond acceptors (Lipinski definition) is 0. The van der Waals surface area contributed by atoms with Gasteiger partial charge in [0.25, 0.3) is 0 Å². The summed E-state index contributed by atoms with van der Waals surface area (Å²) in [5, 5.41) is 0. The lowest BCUT2D eigenvalue weighted by Gasteiger charge is -2.28. The normalized spacial score (nSPS) is 17.4. The number of benzene rings is 2. The van der Waals surface area contributed by atoms with Crippen molar-refractivity contribution in [2.75, 3.05) is 12.5 Å². The third kappa shape index (κ3) is 2.09. The molecule has 0 fully saturated rings. The average molecular weight is 284 g/mol. The smallest absolute Gasteiger partial charge is 0.00181 e. The predicted molar refractivity (Wildman–Crippen MR) is 91.0 cm³/mol. The summed E-state index contributed by atoms with van der Waals surface area (Å²) in [4.78, 5) is 3.12. The van der Waals surface area contributed by atoms with E-state index in [9.17, 15) is 0 Å². The van der Waals surface area contributed by atoms with Crippen molar-refractivity contribution < 1.29 is 0 Å². The minimum absolute atomic E-state index is 0.326. The fourth-order valence-electron chi connectivity index (χ4n) is 3.26. The van der Waals surface area contributed by atoms with Crippen molar-refractivity contribution in [3.63, 3.8) is 0 Å². The highest BCUT2D eigenvalue weighted by atomic mass is 32.3. The Morgan fingerprint density at radius 2 is 1.50 bits per heavy atom. The molecule has 2 aromatic rings. The summed E-state index contributed by atoms with van der Waals surface area (Å²) >= 11 is 0. The predicted octanol–water partition coefficient (Wildman–Crippen LogP) is 5.74. The van der Waals surface area contributed by atoms with Crippen LogP contribution >= 0.6 is 10.0 Å². The van der Waals surface area contributed by atoms with E-state index in [0.29, 0.717) is 5.41 Å². The van der Waals surface area contributed by atoms with Crippen LogP contribution in [0.1, 0.15) is 26.3 Å².